The molecule has 0 atom stereocenters. The lowest BCUT2D eigenvalue weighted by Gasteiger charge is -2.23. The number of nitrogens with two attached hydrogens (primary N) is 1. The van der Waals surface area contributed by atoms with Crippen LogP contribution in [-0.2, 0) is 6.42 Å². The Morgan fingerprint density at radius 3 is 2.53 bits per heavy atom. The molecule has 1 fully saturated rings. The van der Waals surface area contributed by atoms with Gasteiger partial charge in [-0.2, -0.15) is 0 Å². The number of rotatable bonds is 7. The van der Waals surface area contributed by atoms with Crippen molar-refractivity contribution in [3.8, 4) is 0 Å². The van der Waals surface area contributed by atoms with Crippen LogP contribution in [0.15, 0.2) is 30.3 Å². The molecule has 1 aromatic rings. The van der Waals surface area contributed by atoms with E-state index >= 15 is 0 Å². The molecule has 0 radical (unpaired) electrons. The Hall–Kier alpha value is -0.860. The normalized spacial score (nSPS) is 17.4. The molecule has 17 heavy (non-hydrogen) atoms. The van der Waals surface area contributed by atoms with Gasteiger partial charge in [0, 0.05) is 13.1 Å². The zero-order chi connectivity index (χ0) is 12.1. The van der Waals surface area contributed by atoms with Crippen molar-refractivity contribution in [2.45, 2.75) is 25.7 Å². The SMILES string of the molecule is CN(CCc1ccccc1)CC1(CCN)CC1. The molecular weight excluding hydrogens is 208 g/mol. The molecule has 0 amide bonds. The van der Waals surface area contributed by atoms with E-state index in [-0.39, 0.29) is 0 Å². The molecule has 0 aliphatic heterocycles. The van der Waals surface area contributed by atoms with Gasteiger partial charge in [-0.1, -0.05) is 30.3 Å². The molecule has 0 unspecified atom stereocenters. The molecule has 2 rings (SSSR count). The number of benzene rings is 1. The van der Waals surface area contributed by atoms with Crippen molar-refractivity contribution in [3.63, 3.8) is 0 Å². The quantitative estimate of drug-likeness (QED) is 0.781. The summed E-state index contributed by atoms with van der Waals surface area (Å²) in [6.45, 7) is 3.21. The van der Waals surface area contributed by atoms with E-state index in [1.807, 2.05) is 0 Å². The highest BCUT2D eigenvalue weighted by atomic mass is 15.1. The summed E-state index contributed by atoms with van der Waals surface area (Å²) in [5.41, 5.74) is 7.68. The summed E-state index contributed by atoms with van der Waals surface area (Å²) in [6, 6.07) is 10.7. The summed E-state index contributed by atoms with van der Waals surface area (Å²) in [4.78, 5) is 2.47. The minimum atomic E-state index is 0.570. The highest BCUT2D eigenvalue weighted by Crippen LogP contribution is 2.48. The average Bonchev–Trinajstić information content (AvgIpc) is 3.08. The topological polar surface area (TPSA) is 29.3 Å². The first-order valence-corrected chi connectivity index (χ1v) is 6.67. The number of hydrogen-bond acceptors (Lipinski definition) is 2. The third kappa shape index (κ3) is 3.83. The Bertz CT molecular complexity index is 330. The van der Waals surface area contributed by atoms with Gasteiger partial charge in [-0.25, -0.2) is 0 Å². The van der Waals surface area contributed by atoms with Gasteiger partial charge in [-0.15, -0.1) is 0 Å². The molecule has 0 bridgehead atoms. The molecule has 2 nitrogen and oxygen atoms in total. The van der Waals surface area contributed by atoms with E-state index in [4.69, 9.17) is 5.73 Å². The zero-order valence-corrected chi connectivity index (χ0v) is 10.9. The van der Waals surface area contributed by atoms with Gasteiger partial charge >= 0.3 is 0 Å². The van der Waals surface area contributed by atoms with Crippen molar-refractivity contribution in [3.05, 3.63) is 35.9 Å². The van der Waals surface area contributed by atoms with E-state index in [1.165, 1.54) is 31.4 Å². The van der Waals surface area contributed by atoms with Gasteiger partial charge in [0.15, 0.2) is 0 Å². The largest absolute Gasteiger partial charge is 0.330 e. The number of likely N-dealkylation sites (N-methyl/N-ethyl adjacent to an activating group) is 1. The molecule has 0 spiro atoms. The van der Waals surface area contributed by atoms with Crippen LogP contribution in [0.25, 0.3) is 0 Å². The molecule has 0 saturated heterocycles. The van der Waals surface area contributed by atoms with Crippen LogP contribution in [0.2, 0.25) is 0 Å². The summed E-state index contributed by atoms with van der Waals surface area (Å²) in [6.07, 6.45) is 5.10. The van der Waals surface area contributed by atoms with E-state index in [0.29, 0.717) is 5.41 Å². The smallest absolute Gasteiger partial charge is 0.00355 e. The highest BCUT2D eigenvalue weighted by Gasteiger charge is 2.42. The van der Waals surface area contributed by atoms with Gasteiger partial charge in [0.05, 0.1) is 0 Å². The third-order valence-electron chi connectivity index (χ3n) is 3.86. The Labute approximate surface area is 105 Å². The van der Waals surface area contributed by atoms with E-state index in [1.54, 1.807) is 0 Å². The second-order valence-corrected chi connectivity index (χ2v) is 5.51. The molecule has 1 aromatic carbocycles. The van der Waals surface area contributed by atoms with Crippen molar-refractivity contribution in [2.75, 3.05) is 26.7 Å². The molecule has 1 aliphatic rings. The lowest BCUT2D eigenvalue weighted by molar-refractivity contribution is 0.257. The standard InChI is InChI=1S/C15H24N2/c1-17(13-15(8-9-15)10-11-16)12-7-14-5-3-2-4-6-14/h2-6H,7-13,16H2,1H3. The molecule has 1 aliphatic carbocycles. The van der Waals surface area contributed by atoms with Gasteiger partial charge in [0.2, 0.25) is 0 Å². The Kier molecular flexibility index (Phi) is 4.19. The van der Waals surface area contributed by atoms with Gasteiger partial charge in [-0.05, 0) is 50.3 Å². The summed E-state index contributed by atoms with van der Waals surface area (Å²) >= 11 is 0. The molecule has 0 heterocycles. The first-order chi connectivity index (χ1) is 8.24. The molecule has 2 heteroatoms. The van der Waals surface area contributed by atoms with Crippen LogP contribution in [0.5, 0.6) is 0 Å². The Morgan fingerprint density at radius 1 is 1.24 bits per heavy atom. The van der Waals surface area contributed by atoms with Gasteiger partial charge in [0.25, 0.3) is 0 Å². The van der Waals surface area contributed by atoms with Crippen LogP contribution in [-0.4, -0.2) is 31.6 Å². The van der Waals surface area contributed by atoms with Crippen LogP contribution < -0.4 is 5.73 Å². The molecule has 2 N–H and O–H groups in total. The van der Waals surface area contributed by atoms with Crippen molar-refractivity contribution in [1.82, 2.24) is 4.90 Å². The van der Waals surface area contributed by atoms with Crippen molar-refractivity contribution in [2.24, 2.45) is 11.1 Å². The predicted molar refractivity (Wildman–Crippen MR) is 73.0 cm³/mol. The minimum Gasteiger partial charge on any atom is -0.330 e. The fourth-order valence-corrected chi connectivity index (χ4v) is 2.59. The molecule has 0 aromatic heterocycles. The maximum Gasteiger partial charge on any atom is 0.00355 e. The van der Waals surface area contributed by atoms with E-state index in [9.17, 15) is 0 Å². The van der Waals surface area contributed by atoms with Gasteiger partial charge in [0.1, 0.15) is 0 Å². The Morgan fingerprint density at radius 2 is 1.94 bits per heavy atom. The Balaban J connectivity index is 1.73. The van der Waals surface area contributed by atoms with Crippen LogP contribution >= 0.6 is 0 Å². The predicted octanol–water partition coefficient (Wildman–Crippen LogP) is 2.29. The third-order valence-corrected chi connectivity index (χ3v) is 3.86. The maximum atomic E-state index is 5.68. The van der Waals surface area contributed by atoms with Crippen LogP contribution in [0.3, 0.4) is 0 Å². The second-order valence-electron chi connectivity index (χ2n) is 5.51. The fourth-order valence-electron chi connectivity index (χ4n) is 2.59. The van der Waals surface area contributed by atoms with E-state index in [0.717, 1.165) is 19.5 Å². The summed E-state index contributed by atoms with van der Waals surface area (Å²) in [5.74, 6) is 0. The summed E-state index contributed by atoms with van der Waals surface area (Å²) in [5, 5.41) is 0. The van der Waals surface area contributed by atoms with Crippen LogP contribution in [0.4, 0.5) is 0 Å². The van der Waals surface area contributed by atoms with Crippen LogP contribution in [0, 0.1) is 5.41 Å². The van der Waals surface area contributed by atoms with E-state index in [2.05, 4.69) is 42.3 Å². The van der Waals surface area contributed by atoms with E-state index < -0.39 is 0 Å². The molecule has 94 valence electrons. The van der Waals surface area contributed by atoms with Crippen LogP contribution in [0.1, 0.15) is 24.8 Å². The second kappa shape index (κ2) is 5.65. The van der Waals surface area contributed by atoms with Crippen molar-refractivity contribution < 1.29 is 0 Å². The van der Waals surface area contributed by atoms with Gasteiger partial charge in [-0.3, -0.25) is 0 Å². The average molecular weight is 232 g/mol. The highest BCUT2D eigenvalue weighted by molar-refractivity contribution is 5.14. The van der Waals surface area contributed by atoms with Gasteiger partial charge < -0.3 is 10.6 Å². The zero-order valence-electron chi connectivity index (χ0n) is 10.9. The lowest BCUT2D eigenvalue weighted by atomic mass is 10.0. The maximum absolute atomic E-state index is 5.68. The number of nitrogens with zero attached hydrogens (tertiary/aromatic N) is 1. The first-order valence-electron chi connectivity index (χ1n) is 6.67. The summed E-state index contributed by atoms with van der Waals surface area (Å²) in [7, 11) is 2.24. The monoisotopic (exact) mass is 232 g/mol. The first kappa shape index (κ1) is 12.6. The van der Waals surface area contributed by atoms with Crippen molar-refractivity contribution >= 4 is 0 Å². The lowest BCUT2D eigenvalue weighted by Crippen LogP contribution is -2.30. The minimum absolute atomic E-state index is 0.570. The van der Waals surface area contributed by atoms with Crippen molar-refractivity contribution in [1.29, 1.82) is 0 Å². The number of hydrogen-bond donors (Lipinski definition) is 1. The summed E-state index contributed by atoms with van der Waals surface area (Å²) < 4.78 is 0. The molecule has 1 saturated carbocycles. The molecular formula is C15H24N2. The fraction of sp³-hybridized carbons (Fsp3) is 0.600.